The molecule has 0 aliphatic rings. The molecular weight excluding hydrogens is 196 g/mol. The van der Waals surface area contributed by atoms with Gasteiger partial charge in [0.05, 0.1) is 18.3 Å². The van der Waals surface area contributed by atoms with Crippen molar-refractivity contribution in [2.24, 2.45) is 0 Å². The first kappa shape index (κ1) is 14.4. The summed E-state index contributed by atoms with van der Waals surface area (Å²) in [6.45, 7) is 8.08. The third-order valence-corrected chi connectivity index (χ3v) is 1.99. The SMILES string of the molecule is COC(C)(C)CCOCC(=O)OC(C)C. The van der Waals surface area contributed by atoms with Crippen molar-refractivity contribution >= 4 is 5.97 Å². The van der Waals surface area contributed by atoms with Crippen LogP contribution in [0, 0.1) is 0 Å². The summed E-state index contributed by atoms with van der Waals surface area (Å²) in [6, 6.07) is 0. The van der Waals surface area contributed by atoms with E-state index in [1.807, 2.05) is 27.7 Å². The van der Waals surface area contributed by atoms with E-state index in [-0.39, 0.29) is 24.3 Å². The first-order valence-electron chi connectivity index (χ1n) is 5.20. The summed E-state index contributed by atoms with van der Waals surface area (Å²) in [6.07, 6.45) is 0.662. The van der Waals surface area contributed by atoms with Crippen LogP contribution in [0.3, 0.4) is 0 Å². The zero-order valence-corrected chi connectivity index (χ0v) is 10.3. The highest BCUT2D eigenvalue weighted by Crippen LogP contribution is 2.12. The number of carbonyl (C=O) groups excluding carboxylic acids is 1. The van der Waals surface area contributed by atoms with Crippen LogP contribution in [0.2, 0.25) is 0 Å². The summed E-state index contributed by atoms with van der Waals surface area (Å²) in [4.78, 5) is 11.1. The van der Waals surface area contributed by atoms with Gasteiger partial charge in [-0.3, -0.25) is 0 Å². The predicted molar refractivity (Wildman–Crippen MR) is 57.8 cm³/mol. The van der Waals surface area contributed by atoms with E-state index in [0.717, 1.165) is 6.42 Å². The Kier molecular flexibility index (Phi) is 6.52. The van der Waals surface area contributed by atoms with Gasteiger partial charge in [0, 0.05) is 7.11 Å². The van der Waals surface area contributed by atoms with Gasteiger partial charge in [0.1, 0.15) is 6.61 Å². The molecule has 0 heterocycles. The number of ether oxygens (including phenoxy) is 3. The highest BCUT2D eigenvalue weighted by molar-refractivity contribution is 5.70. The number of hydrogen-bond acceptors (Lipinski definition) is 4. The number of rotatable bonds is 7. The van der Waals surface area contributed by atoms with Gasteiger partial charge in [0.25, 0.3) is 0 Å². The van der Waals surface area contributed by atoms with Gasteiger partial charge in [-0.25, -0.2) is 4.79 Å². The molecule has 15 heavy (non-hydrogen) atoms. The Hall–Kier alpha value is -0.610. The lowest BCUT2D eigenvalue weighted by Crippen LogP contribution is -2.25. The quantitative estimate of drug-likeness (QED) is 0.482. The Balaban J connectivity index is 3.50. The molecule has 0 spiro atoms. The van der Waals surface area contributed by atoms with Crippen molar-refractivity contribution in [2.75, 3.05) is 20.3 Å². The molecule has 0 N–H and O–H groups in total. The molecule has 0 saturated carbocycles. The summed E-state index contributed by atoms with van der Waals surface area (Å²) in [5.41, 5.74) is -0.206. The average molecular weight is 218 g/mol. The standard InChI is InChI=1S/C11H22O4/c1-9(2)15-10(12)8-14-7-6-11(3,4)13-5/h9H,6-8H2,1-5H3. The predicted octanol–water partition coefficient (Wildman–Crippen LogP) is 1.77. The van der Waals surface area contributed by atoms with E-state index in [0.29, 0.717) is 6.61 Å². The van der Waals surface area contributed by atoms with Crippen molar-refractivity contribution in [3.63, 3.8) is 0 Å². The molecular formula is C11H22O4. The van der Waals surface area contributed by atoms with Crippen LogP contribution in [-0.2, 0) is 19.0 Å². The fourth-order valence-electron chi connectivity index (χ4n) is 0.872. The minimum Gasteiger partial charge on any atom is -0.461 e. The topological polar surface area (TPSA) is 44.8 Å². The second-order valence-corrected chi connectivity index (χ2v) is 4.31. The van der Waals surface area contributed by atoms with Gasteiger partial charge in [-0.05, 0) is 34.1 Å². The highest BCUT2D eigenvalue weighted by atomic mass is 16.6. The maximum atomic E-state index is 11.1. The van der Waals surface area contributed by atoms with Crippen LogP contribution < -0.4 is 0 Å². The van der Waals surface area contributed by atoms with Gasteiger partial charge in [0.2, 0.25) is 0 Å². The highest BCUT2D eigenvalue weighted by Gasteiger charge is 2.16. The Labute approximate surface area is 91.9 Å². The first-order chi connectivity index (χ1) is 6.87. The fraction of sp³-hybridized carbons (Fsp3) is 0.909. The Morgan fingerprint density at radius 3 is 2.40 bits per heavy atom. The van der Waals surface area contributed by atoms with Gasteiger partial charge < -0.3 is 14.2 Å². The maximum absolute atomic E-state index is 11.1. The lowest BCUT2D eigenvalue weighted by atomic mass is 10.1. The zero-order valence-electron chi connectivity index (χ0n) is 10.3. The molecule has 0 aromatic rings. The van der Waals surface area contributed by atoms with Crippen molar-refractivity contribution < 1.29 is 19.0 Å². The van der Waals surface area contributed by atoms with E-state index in [9.17, 15) is 4.79 Å². The van der Waals surface area contributed by atoms with E-state index in [2.05, 4.69) is 0 Å². The number of hydrogen-bond donors (Lipinski definition) is 0. The van der Waals surface area contributed by atoms with Crippen molar-refractivity contribution in [3.8, 4) is 0 Å². The first-order valence-corrected chi connectivity index (χ1v) is 5.20. The number of carbonyl (C=O) groups is 1. The molecule has 0 unspecified atom stereocenters. The molecule has 0 aliphatic heterocycles. The normalized spacial score (nSPS) is 11.9. The molecule has 4 nitrogen and oxygen atoms in total. The maximum Gasteiger partial charge on any atom is 0.332 e. The lowest BCUT2D eigenvalue weighted by molar-refractivity contribution is -0.153. The van der Waals surface area contributed by atoms with E-state index in [4.69, 9.17) is 14.2 Å². The molecule has 0 rings (SSSR count). The van der Waals surface area contributed by atoms with Crippen LogP contribution in [0.1, 0.15) is 34.1 Å². The summed E-state index contributed by atoms with van der Waals surface area (Å²) in [5.74, 6) is -0.319. The number of methoxy groups -OCH3 is 1. The molecule has 0 radical (unpaired) electrons. The number of esters is 1. The zero-order chi connectivity index (χ0) is 11.9. The smallest absolute Gasteiger partial charge is 0.332 e. The van der Waals surface area contributed by atoms with Crippen LogP contribution in [0.5, 0.6) is 0 Å². The van der Waals surface area contributed by atoms with Crippen LogP contribution in [0.4, 0.5) is 0 Å². The van der Waals surface area contributed by atoms with Gasteiger partial charge >= 0.3 is 5.97 Å². The second-order valence-electron chi connectivity index (χ2n) is 4.31. The van der Waals surface area contributed by atoms with Crippen LogP contribution >= 0.6 is 0 Å². The molecule has 0 aromatic carbocycles. The molecule has 0 saturated heterocycles. The molecule has 0 atom stereocenters. The molecule has 0 bridgehead atoms. The molecule has 0 aliphatic carbocycles. The largest absolute Gasteiger partial charge is 0.461 e. The van der Waals surface area contributed by atoms with Crippen LogP contribution in [0.15, 0.2) is 0 Å². The lowest BCUT2D eigenvalue weighted by Gasteiger charge is -2.22. The third-order valence-electron chi connectivity index (χ3n) is 1.99. The van der Waals surface area contributed by atoms with Gasteiger partial charge in [-0.1, -0.05) is 0 Å². The van der Waals surface area contributed by atoms with Gasteiger partial charge in [-0.15, -0.1) is 0 Å². The molecule has 0 aromatic heterocycles. The third kappa shape index (κ3) is 8.39. The van der Waals surface area contributed by atoms with Gasteiger partial charge in [0.15, 0.2) is 0 Å². The van der Waals surface area contributed by atoms with Crippen LogP contribution in [-0.4, -0.2) is 38.0 Å². The Morgan fingerprint density at radius 1 is 1.33 bits per heavy atom. The van der Waals surface area contributed by atoms with E-state index in [1.54, 1.807) is 7.11 Å². The summed E-state index contributed by atoms with van der Waals surface area (Å²) >= 11 is 0. The van der Waals surface area contributed by atoms with Crippen molar-refractivity contribution in [1.82, 2.24) is 0 Å². The summed E-state index contributed by atoms with van der Waals surface area (Å²) in [7, 11) is 1.66. The molecule has 4 heteroatoms. The van der Waals surface area contributed by atoms with Gasteiger partial charge in [-0.2, -0.15) is 0 Å². The summed E-state index contributed by atoms with van der Waals surface area (Å²) in [5, 5.41) is 0. The minimum absolute atomic E-state index is 0.0119. The Bertz CT molecular complexity index is 187. The van der Waals surface area contributed by atoms with Crippen molar-refractivity contribution in [3.05, 3.63) is 0 Å². The second kappa shape index (κ2) is 6.80. The van der Waals surface area contributed by atoms with E-state index >= 15 is 0 Å². The average Bonchev–Trinajstić information content (AvgIpc) is 2.11. The summed E-state index contributed by atoms with van der Waals surface area (Å²) < 4.78 is 15.3. The van der Waals surface area contributed by atoms with E-state index < -0.39 is 0 Å². The monoisotopic (exact) mass is 218 g/mol. The fourth-order valence-corrected chi connectivity index (χ4v) is 0.872. The van der Waals surface area contributed by atoms with Crippen molar-refractivity contribution in [1.29, 1.82) is 0 Å². The van der Waals surface area contributed by atoms with Crippen molar-refractivity contribution in [2.45, 2.75) is 45.8 Å². The van der Waals surface area contributed by atoms with E-state index in [1.165, 1.54) is 0 Å². The minimum atomic E-state index is -0.319. The Morgan fingerprint density at radius 2 is 1.93 bits per heavy atom. The molecule has 0 fully saturated rings. The van der Waals surface area contributed by atoms with Crippen LogP contribution in [0.25, 0.3) is 0 Å². The molecule has 0 amide bonds. The molecule has 90 valence electrons.